The molecule has 0 aliphatic carbocycles. The monoisotopic (exact) mass is 262 g/mol. The standard InChI is InChI=1S/C14H18N2O3/c1-3-6-15-7-8-16-12-5-4-10(19-2)9-11(12)13(17)14(16)18/h4-5,9,15H,3,6-8H2,1-2H3. The largest absolute Gasteiger partial charge is 0.497 e. The van der Waals surface area contributed by atoms with Gasteiger partial charge < -0.3 is 15.0 Å². The lowest BCUT2D eigenvalue weighted by atomic mass is 10.1. The molecule has 5 nitrogen and oxygen atoms in total. The zero-order chi connectivity index (χ0) is 13.8. The number of fused-ring (bicyclic) bond motifs is 1. The van der Waals surface area contributed by atoms with E-state index in [0.29, 0.717) is 30.1 Å². The Morgan fingerprint density at radius 3 is 2.74 bits per heavy atom. The smallest absolute Gasteiger partial charge is 0.299 e. The maximum Gasteiger partial charge on any atom is 0.299 e. The Kier molecular flexibility index (Phi) is 4.16. The number of anilines is 1. The number of Topliss-reactive ketones (excluding diaryl/α,β-unsaturated/α-hetero) is 1. The summed E-state index contributed by atoms with van der Waals surface area (Å²) in [4.78, 5) is 25.4. The fourth-order valence-corrected chi connectivity index (χ4v) is 2.12. The normalized spacial score (nSPS) is 13.9. The third-order valence-corrected chi connectivity index (χ3v) is 3.12. The first kappa shape index (κ1) is 13.5. The van der Waals surface area contributed by atoms with E-state index in [4.69, 9.17) is 4.74 Å². The van der Waals surface area contributed by atoms with Crippen molar-refractivity contribution in [1.29, 1.82) is 0 Å². The fourth-order valence-electron chi connectivity index (χ4n) is 2.12. The van der Waals surface area contributed by atoms with Crippen LogP contribution >= 0.6 is 0 Å². The Balaban J connectivity index is 2.15. The van der Waals surface area contributed by atoms with Gasteiger partial charge in [0.1, 0.15) is 5.75 Å². The van der Waals surface area contributed by atoms with Crippen LogP contribution in [0.25, 0.3) is 0 Å². The highest BCUT2D eigenvalue weighted by atomic mass is 16.5. The first-order chi connectivity index (χ1) is 9.19. The van der Waals surface area contributed by atoms with Gasteiger partial charge in [0, 0.05) is 13.1 Å². The fraction of sp³-hybridized carbons (Fsp3) is 0.429. The molecule has 1 aromatic rings. The van der Waals surface area contributed by atoms with Crippen molar-refractivity contribution in [3.63, 3.8) is 0 Å². The number of amides is 1. The molecule has 1 aliphatic heterocycles. The summed E-state index contributed by atoms with van der Waals surface area (Å²) in [6, 6.07) is 5.14. The zero-order valence-corrected chi connectivity index (χ0v) is 11.2. The van der Waals surface area contributed by atoms with Gasteiger partial charge in [0.2, 0.25) is 0 Å². The minimum atomic E-state index is -0.457. The molecule has 0 bridgehead atoms. The number of nitrogens with zero attached hydrogens (tertiary/aromatic N) is 1. The number of ether oxygens (including phenoxy) is 1. The second kappa shape index (κ2) is 5.84. The van der Waals surface area contributed by atoms with Gasteiger partial charge in [-0.25, -0.2) is 0 Å². The minimum Gasteiger partial charge on any atom is -0.497 e. The van der Waals surface area contributed by atoms with Gasteiger partial charge in [-0.1, -0.05) is 6.92 Å². The van der Waals surface area contributed by atoms with Gasteiger partial charge in [0.05, 0.1) is 18.4 Å². The van der Waals surface area contributed by atoms with Crippen LogP contribution in [0.1, 0.15) is 23.7 Å². The van der Waals surface area contributed by atoms with Crippen molar-refractivity contribution in [2.75, 3.05) is 31.6 Å². The third kappa shape index (κ3) is 2.61. The van der Waals surface area contributed by atoms with Crippen LogP contribution in [0.2, 0.25) is 0 Å². The Hall–Kier alpha value is -1.88. The lowest BCUT2D eigenvalue weighted by molar-refractivity contribution is -0.114. The molecular weight excluding hydrogens is 244 g/mol. The number of rotatable bonds is 6. The highest BCUT2D eigenvalue weighted by Gasteiger charge is 2.35. The number of hydrogen-bond donors (Lipinski definition) is 1. The van der Waals surface area contributed by atoms with E-state index in [9.17, 15) is 9.59 Å². The van der Waals surface area contributed by atoms with E-state index >= 15 is 0 Å². The second-order valence-corrected chi connectivity index (χ2v) is 4.42. The summed E-state index contributed by atoms with van der Waals surface area (Å²) in [6.07, 6.45) is 1.04. The number of methoxy groups -OCH3 is 1. The van der Waals surface area contributed by atoms with Crippen molar-refractivity contribution >= 4 is 17.4 Å². The molecule has 1 amide bonds. The molecule has 1 heterocycles. The van der Waals surface area contributed by atoms with Crippen LogP contribution in [0.5, 0.6) is 5.75 Å². The summed E-state index contributed by atoms with van der Waals surface area (Å²) in [7, 11) is 1.54. The van der Waals surface area contributed by atoms with E-state index in [1.165, 1.54) is 12.0 Å². The zero-order valence-electron chi connectivity index (χ0n) is 11.2. The molecule has 0 aromatic heterocycles. The Bertz CT molecular complexity index is 499. The summed E-state index contributed by atoms with van der Waals surface area (Å²) in [5.74, 6) is -0.322. The van der Waals surface area contributed by atoms with Crippen LogP contribution in [0.4, 0.5) is 5.69 Å². The topological polar surface area (TPSA) is 58.6 Å². The summed E-state index contributed by atoms with van der Waals surface area (Å²) >= 11 is 0. The van der Waals surface area contributed by atoms with E-state index in [2.05, 4.69) is 12.2 Å². The maximum atomic E-state index is 11.9. The Morgan fingerprint density at radius 1 is 1.26 bits per heavy atom. The van der Waals surface area contributed by atoms with Gasteiger partial charge >= 0.3 is 0 Å². The van der Waals surface area contributed by atoms with Crippen molar-refractivity contribution in [3.8, 4) is 5.75 Å². The molecule has 0 unspecified atom stereocenters. The van der Waals surface area contributed by atoms with Gasteiger partial charge in [-0.05, 0) is 31.2 Å². The van der Waals surface area contributed by atoms with Crippen molar-refractivity contribution in [3.05, 3.63) is 23.8 Å². The predicted molar refractivity (Wildman–Crippen MR) is 72.8 cm³/mol. The van der Waals surface area contributed by atoms with Gasteiger partial charge in [-0.15, -0.1) is 0 Å². The molecule has 102 valence electrons. The SMILES string of the molecule is CCCNCCN1C(=O)C(=O)c2cc(OC)ccc21. The van der Waals surface area contributed by atoms with E-state index in [1.54, 1.807) is 18.2 Å². The molecule has 0 atom stereocenters. The van der Waals surface area contributed by atoms with Gasteiger partial charge in [0.25, 0.3) is 11.7 Å². The van der Waals surface area contributed by atoms with E-state index in [-0.39, 0.29) is 0 Å². The summed E-state index contributed by atoms with van der Waals surface area (Å²) < 4.78 is 5.08. The van der Waals surface area contributed by atoms with Crippen LogP contribution in [-0.4, -0.2) is 38.4 Å². The van der Waals surface area contributed by atoms with Crippen LogP contribution in [0, 0.1) is 0 Å². The van der Waals surface area contributed by atoms with Crippen molar-refractivity contribution in [1.82, 2.24) is 5.32 Å². The van der Waals surface area contributed by atoms with Gasteiger partial charge in [-0.2, -0.15) is 0 Å². The van der Waals surface area contributed by atoms with Gasteiger partial charge in [-0.3, -0.25) is 9.59 Å². The summed E-state index contributed by atoms with van der Waals surface area (Å²) in [6.45, 7) is 4.17. The van der Waals surface area contributed by atoms with Crippen LogP contribution in [-0.2, 0) is 4.79 Å². The number of nitrogens with one attached hydrogen (secondary N) is 1. The number of carbonyl (C=O) groups is 2. The minimum absolute atomic E-state index is 0.430. The molecule has 0 saturated carbocycles. The molecule has 2 rings (SSSR count). The first-order valence-electron chi connectivity index (χ1n) is 6.44. The van der Waals surface area contributed by atoms with E-state index < -0.39 is 11.7 Å². The Morgan fingerprint density at radius 2 is 2.05 bits per heavy atom. The average molecular weight is 262 g/mol. The van der Waals surface area contributed by atoms with Crippen LogP contribution in [0.3, 0.4) is 0 Å². The van der Waals surface area contributed by atoms with E-state index in [0.717, 1.165) is 13.0 Å². The quantitative estimate of drug-likeness (QED) is 0.618. The summed E-state index contributed by atoms with van der Waals surface area (Å²) in [5.41, 5.74) is 1.11. The number of hydrogen-bond acceptors (Lipinski definition) is 4. The van der Waals surface area contributed by atoms with Gasteiger partial charge in [0.15, 0.2) is 0 Å². The highest BCUT2D eigenvalue weighted by molar-refractivity contribution is 6.52. The molecule has 0 radical (unpaired) electrons. The number of carbonyl (C=O) groups excluding carboxylic acids is 2. The summed E-state index contributed by atoms with van der Waals surface area (Å²) in [5, 5.41) is 3.22. The average Bonchev–Trinajstić information content (AvgIpc) is 2.67. The lowest BCUT2D eigenvalue weighted by Gasteiger charge is -2.16. The lowest BCUT2D eigenvalue weighted by Crippen LogP contribution is -2.36. The molecule has 1 N–H and O–H groups in total. The highest BCUT2D eigenvalue weighted by Crippen LogP contribution is 2.31. The molecule has 19 heavy (non-hydrogen) atoms. The van der Waals surface area contributed by atoms with Crippen LogP contribution < -0.4 is 15.0 Å². The molecule has 0 saturated heterocycles. The first-order valence-corrected chi connectivity index (χ1v) is 6.44. The molecular formula is C14H18N2O3. The maximum absolute atomic E-state index is 11.9. The molecule has 0 spiro atoms. The molecule has 0 fully saturated rings. The van der Waals surface area contributed by atoms with E-state index in [1.807, 2.05) is 0 Å². The molecule has 5 heteroatoms. The Labute approximate surface area is 112 Å². The molecule has 1 aromatic carbocycles. The van der Waals surface area contributed by atoms with Crippen molar-refractivity contribution in [2.24, 2.45) is 0 Å². The number of benzene rings is 1. The molecule has 1 aliphatic rings. The predicted octanol–water partition coefficient (Wildman–Crippen LogP) is 1.22. The third-order valence-electron chi connectivity index (χ3n) is 3.12. The second-order valence-electron chi connectivity index (χ2n) is 4.42. The van der Waals surface area contributed by atoms with Crippen LogP contribution in [0.15, 0.2) is 18.2 Å². The van der Waals surface area contributed by atoms with Crippen molar-refractivity contribution < 1.29 is 14.3 Å². The number of ketones is 1. The van der Waals surface area contributed by atoms with Crippen molar-refractivity contribution in [2.45, 2.75) is 13.3 Å².